The fourth-order valence-electron chi connectivity index (χ4n) is 2.90. The van der Waals surface area contributed by atoms with E-state index in [0.717, 1.165) is 24.3 Å². The fraction of sp³-hybridized carbons (Fsp3) is 0.438. The maximum Gasteiger partial charge on any atom is 0.330 e. The third-order valence-corrected chi connectivity index (χ3v) is 4.37. The molecule has 2 N–H and O–H groups in total. The van der Waals surface area contributed by atoms with E-state index in [1.807, 2.05) is 24.3 Å². The number of aromatic nitrogens is 2. The Morgan fingerprint density at radius 1 is 1.29 bits per heavy atom. The first-order valence-electron chi connectivity index (χ1n) is 7.47. The number of nitrogens with zero attached hydrogens (tertiary/aromatic N) is 2. The molecule has 0 bridgehead atoms. The lowest BCUT2D eigenvalue weighted by Gasteiger charge is -2.35. The van der Waals surface area contributed by atoms with Crippen LogP contribution in [0.15, 0.2) is 41.5 Å². The zero-order valence-corrected chi connectivity index (χ0v) is 12.5. The van der Waals surface area contributed by atoms with Gasteiger partial charge in [0.1, 0.15) is 0 Å². The van der Waals surface area contributed by atoms with Crippen molar-refractivity contribution in [1.29, 1.82) is 0 Å². The van der Waals surface area contributed by atoms with Crippen molar-refractivity contribution in [1.82, 2.24) is 14.5 Å². The van der Waals surface area contributed by atoms with Gasteiger partial charge in [0.25, 0.3) is 0 Å². The van der Waals surface area contributed by atoms with Gasteiger partial charge in [0.2, 0.25) is 0 Å². The number of likely N-dealkylation sites (tertiary alicyclic amines) is 1. The van der Waals surface area contributed by atoms with Gasteiger partial charge < -0.3 is 15.2 Å². The Labute approximate surface area is 124 Å². The second-order valence-electron chi connectivity index (χ2n) is 5.88. The number of anilines is 1. The minimum atomic E-state index is -0.111. The van der Waals surface area contributed by atoms with Crippen LogP contribution in [-0.4, -0.2) is 40.1 Å². The van der Waals surface area contributed by atoms with Gasteiger partial charge in [-0.2, -0.15) is 0 Å². The maximum absolute atomic E-state index is 11.6. The van der Waals surface area contributed by atoms with Crippen LogP contribution in [0.3, 0.4) is 0 Å². The standard InChI is InChI=1S/C16H22N4O/c1-12-11-14(7-9-19(12)2)18-13-3-5-15(6-4-13)20-10-8-17-16(20)21/h3-6,8,10,12,14,18H,7,9,11H2,1-2H3,(H,17,21). The monoisotopic (exact) mass is 286 g/mol. The Kier molecular flexibility index (Phi) is 3.84. The zero-order valence-electron chi connectivity index (χ0n) is 12.5. The molecule has 112 valence electrons. The van der Waals surface area contributed by atoms with Gasteiger partial charge in [-0.3, -0.25) is 4.57 Å². The number of nitrogens with one attached hydrogen (secondary N) is 2. The van der Waals surface area contributed by atoms with E-state index in [9.17, 15) is 4.79 Å². The zero-order chi connectivity index (χ0) is 14.8. The summed E-state index contributed by atoms with van der Waals surface area (Å²) in [5, 5.41) is 3.60. The summed E-state index contributed by atoms with van der Waals surface area (Å²) >= 11 is 0. The van der Waals surface area contributed by atoms with Crippen LogP contribution in [0, 0.1) is 0 Å². The number of imidazole rings is 1. The summed E-state index contributed by atoms with van der Waals surface area (Å²) in [6.45, 7) is 3.41. The van der Waals surface area contributed by atoms with E-state index in [0.29, 0.717) is 12.1 Å². The van der Waals surface area contributed by atoms with Crippen LogP contribution < -0.4 is 11.0 Å². The molecule has 2 unspecified atom stereocenters. The van der Waals surface area contributed by atoms with Gasteiger partial charge in [-0.25, -0.2) is 4.79 Å². The molecular weight excluding hydrogens is 264 g/mol. The molecule has 1 aromatic heterocycles. The van der Waals surface area contributed by atoms with E-state index in [2.05, 4.69) is 29.2 Å². The molecule has 1 saturated heterocycles. The molecule has 5 heteroatoms. The first kappa shape index (κ1) is 13.9. The molecule has 21 heavy (non-hydrogen) atoms. The van der Waals surface area contributed by atoms with Gasteiger partial charge in [0, 0.05) is 36.7 Å². The highest BCUT2D eigenvalue weighted by atomic mass is 16.1. The number of rotatable bonds is 3. The average Bonchev–Trinajstić information content (AvgIpc) is 2.90. The van der Waals surface area contributed by atoms with Crippen LogP contribution in [-0.2, 0) is 0 Å². The number of aromatic amines is 1. The van der Waals surface area contributed by atoms with Gasteiger partial charge in [0.05, 0.1) is 5.69 Å². The van der Waals surface area contributed by atoms with Crippen molar-refractivity contribution in [2.75, 3.05) is 18.9 Å². The summed E-state index contributed by atoms with van der Waals surface area (Å²) in [5.74, 6) is 0. The summed E-state index contributed by atoms with van der Waals surface area (Å²) in [6.07, 6.45) is 5.72. The lowest BCUT2D eigenvalue weighted by molar-refractivity contribution is 0.190. The first-order chi connectivity index (χ1) is 10.1. The molecule has 0 aliphatic carbocycles. The van der Waals surface area contributed by atoms with Crippen LogP contribution in [0.1, 0.15) is 19.8 Å². The fourth-order valence-corrected chi connectivity index (χ4v) is 2.90. The third-order valence-electron chi connectivity index (χ3n) is 4.37. The third kappa shape index (κ3) is 3.03. The molecule has 2 aromatic rings. The van der Waals surface area contributed by atoms with Crippen LogP contribution in [0.5, 0.6) is 0 Å². The average molecular weight is 286 g/mol. The van der Waals surface area contributed by atoms with Crippen molar-refractivity contribution < 1.29 is 0 Å². The second kappa shape index (κ2) is 5.77. The first-order valence-corrected chi connectivity index (χ1v) is 7.47. The molecule has 0 saturated carbocycles. The van der Waals surface area contributed by atoms with Gasteiger partial charge in [0.15, 0.2) is 0 Å². The van der Waals surface area contributed by atoms with Crippen molar-refractivity contribution in [2.24, 2.45) is 0 Å². The number of H-pyrrole nitrogens is 1. The van der Waals surface area contributed by atoms with Gasteiger partial charge in [-0.1, -0.05) is 0 Å². The molecule has 0 radical (unpaired) electrons. The SMILES string of the molecule is CC1CC(Nc2ccc(-n3cc[nH]c3=O)cc2)CCN1C. The van der Waals surface area contributed by atoms with Crippen LogP contribution in [0.2, 0.25) is 0 Å². The Hall–Kier alpha value is -2.01. The van der Waals surface area contributed by atoms with Gasteiger partial charge in [-0.15, -0.1) is 0 Å². The van der Waals surface area contributed by atoms with Crippen LogP contribution in [0.25, 0.3) is 5.69 Å². The number of benzene rings is 1. The summed E-state index contributed by atoms with van der Waals surface area (Å²) in [4.78, 5) is 16.6. The molecule has 3 rings (SSSR count). The lowest BCUT2D eigenvalue weighted by Crippen LogP contribution is -2.42. The predicted octanol–water partition coefficient (Wildman–Crippen LogP) is 2.06. The highest BCUT2D eigenvalue weighted by molar-refractivity contribution is 5.49. The molecule has 1 aromatic carbocycles. The van der Waals surface area contributed by atoms with Crippen LogP contribution >= 0.6 is 0 Å². The van der Waals surface area contributed by atoms with E-state index in [1.54, 1.807) is 17.0 Å². The summed E-state index contributed by atoms with van der Waals surface area (Å²) in [5.41, 5.74) is 1.88. The van der Waals surface area contributed by atoms with Crippen LogP contribution in [0.4, 0.5) is 5.69 Å². The highest BCUT2D eigenvalue weighted by Crippen LogP contribution is 2.20. The van der Waals surface area contributed by atoms with Gasteiger partial charge >= 0.3 is 5.69 Å². The largest absolute Gasteiger partial charge is 0.382 e. The summed E-state index contributed by atoms with van der Waals surface area (Å²) < 4.78 is 1.60. The smallest absolute Gasteiger partial charge is 0.330 e. The molecule has 5 nitrogen and oxygen atoms in total. The van der Waals surface area contributed by atoms with Crippen molar-refractivity contribution in [3.05, 3.63) is 47.1 Å². The second-order valence-corrected chi connectivity index (χ2v) is 5.88. The lowest BCUT2D eigenvalue weighted by atomic mass is 9.98. The van der Waals surface area contributed by atoms with Gasteiger partial charge in [-0.05, 0) is 51.1 Å². The maximum atomic E-state index is 11.6. The molecule has 2 atom stereocenters. The molecule has 0 amide bonds. The Morgan fingerprint density at radius 3 is 2.67 bits per heavy atom. The summed E-state index contributed by atoms with van der Waals surface area (Å²) in [7, 11) is 2.18. The van der Waals surface area contributed by atoms with Crippen molar-refractivity contribution in [3.63, 3.8) is 0 Å². The highest BCUT2D eigenvalue weighted by Gasteiger charge is 2.22. The van der Waals surface area contributed by atoms with Crippen molar-refractivity contribution in [2.45, 2.75) is 31.8 Å². The number of piperidine rings is 1. The minimum Gasteiger partial charge on any atom is -0.382 e. The number of hydrogen-bond acceptors (Lipinski definition) is 3. The summed E-state index contributed by atoms with van der Waals surface area (Å²) in [6, 6.07) is 9.16. The van der Waals surface area contributed by atoms with E-state index in [4.69, 9.17) is 0 Å². The Balaban J connectivity index is 1.68. The Bertz CT molecular complexity index is 643. The quantitative estimate of drug-likeness (QED) is 0.908. The predicted molar refractivity (Wildman–Crippen MR) is 85.1 cm³/mol. The normalized spacial score (nSPS) is 23.1. The molecule has 1 aliphatic rings. The van der Waals surface area contributed by atoms with E-state index in [-0.39, 0.29) is 5.69 Å². The van der Waals surface area contributed by atoms with E-state index < -0.39 is 0 Å². The molecule has 1 fully saturated rings. The minimum absolute atomic E-state index is 0.111. The van der Waals surface area contributed by atoms with E-state index in [1.165, 1.54) is 6.42 Å². The Morgan fingerprint density at radius 2 is 2.05 bits per heavy atom. The molecular formula is C16H22N4O. The number of hydrogen-bond donors (Lipinski definition) is 2. The molecule has 1 aliphatic heterocycles. The van der Waals surface area contributed by atoms with Crippen molar-refractivity contribution in [3.8, 4) is 5.69 Å². The van der Waals surface area contributed by atoms with E-state index >= 15 is 0 Å². The molecule has 0 spiro atoms. The topological polar surface area (TPSA) is 53.1 Å². The van der Waals surface area contributed by atoms with Crippen molar-refractivity contribution >= 4 is 5.69 Å². The molecule has 2 heterocycles.